The lowest BCUT2D eigenvalue weighted by atomic mass is 10.5. The van der Waals surface area contributed by atoms with Crippen molar-refractivity contribution < 1.29 is 8.42 Å². The van der Waals surface area contributed by atoms with Gasteiger partial charge in [0.1, 0.15) is 4.21 Å². The number of nitrogens with one attached hydrogen (secondary N) is 1. The Bertz CT molecular complexity index is 552. The molecule has 0 unspecified atom stereocenters. The van der Waals surface area contributed by atoms with Crippen molar-refractivity contribution >= 4 is 27.3 Å². The molecule has 1 aromatic heterocycles. The number of hydrogen-bond donors (Lipinski definition) is 1. The summed E-state index contributed by atoms with van der Waals surface area (Å²) in [5.74, 6) is 0.802. The minimum absolute atomic E-state index is 0.282. The SMILES string of the molecule is Cc1ccc(S(=O)(=O)NCCN=C(N(C)C)N(C)C)s1. The van der Waals surface area contributed by atoms with Crippen molar-refractivity contribution in [3.8, 4) is 0 Å². The van der Waals surface area contributed by atoms with Crippen LogP contribution in [-0.4, -0.2) is 65.5 Å². The Morgan fingerprint density at radius 1 is 1.25 bits per heavy atom. The molecule has 0 radical (unpaired) electrons. The second-order valence-corrected chi connectivity index (χ2v) is 8.02. The summed E-state index contributed by atoms with van der Waals surface area (Å²) >= 11 is 1.27. The third-order valence-electron chi connectivity index (χ3n) is 2.44. The fourth-order valence-corrected chi connectivity index (χ4v) is 4.00. The largest absolute Gasteiger partial charge is 0.349 e. The van der Waals surface area contributed by atoms with Gasteiger partial charge in [-0.1, -0.05) is 0 Å². The van der Waals surface area contributed by atoms with Crippen molar-refractivity contribution in [2.45, 2.75) is 11.1 Å². The predicted octanol–water partition coefficient (Wildman–Crippen LogP) is 0.814. The molecule has 0 atom stereocenters. The molecule has 114 valence electrons. The number of thiophene rings is 1. The van der Waals surface area contributed by atoms with Crippen LogP contribution in [0.4, 0.5) is 0 Å². The average molecular weight is 318 g/mol. The van der Waals surface area contributed by atoms with E-state index in [0.717, 1.165) is 10.8 Å². The Morgan fingerprint density at radius 3 is 2.30 bits per heavy atom. The first kappa shape index (κ1) is 16.9. The van der Waals surface area contributed by atoms with Crippen molar-refractivity contribution in [2.24, 2.45) is 4.99 Å². The van der Waals surface area contributed by atoms with E-state index in [1.807, 2.05) is 44.9 Å². The summed E-state index contributed by atoms with van der Waals surface area (Å²) in [6.07, 6.45) is 0. The number of aliphatic imine (C=N–C) groups is 1. The lowest BCUT2D eigenvalue weighted by Crippen LogP contribution is -2.36. The molecule has 8 heteroatoms. The Kier molecular flexibility index (Phi) is 5.97. The lowest BCUT2D eigenvalue weighted by Gasteiger charge is -2.22. The first-order valence-electron chi connectivity index (χ1n) is 6.19. The fraction of sp³-hybridized carbons (Fsp3) is 0.583. The molecule has 0 aliphatic heterocycles. The van der Waals surface area contributed by atoms with Crippen molar-refractivity contribution in [3.05, 3.63) is 17.0 Å². The average Bonchev–Trinajstić information content (AvgIpc) is 2.75. The van der Waals surface area contributed by atoms with E-state index in [4.69, 9.17) is 0 Å². The number of hydrogen-bond acceptors (Lipinski definition) is 4. The van der Waals surface area contributed by atoms with Gasteiger partial charge < -0.3 is 9.80 Å². The predicted molar refractivity (Wildman–Crippen MR) is 83.9 cm³/mol. The standard InChI is InChI=1S/C12H22N4O2S2/c1-10-6-7-11(19-10)20(17,18)14-9-8-13-12(15(2)3)16(4)5/h6-7,14H,8-9H2,1-5H3. The monoisotopic (exact) mass is 318 g/mol. The van der Waals surface area contributed by atoms with E-state index >= 15 is 0 Å². The number of sulfonamides is 1. The van der Waals surface area contributed by atoms with Gasteiger partial charge in [0.15, 0.2) is 5.96 Å². The third kappa shape index (κ3) is 4.77. The van der Waals surface area contributed by atoms with Crippen LogP contribution >= 0.6 is 11.3 Å². The molecular weight excluding hydrogens is 296 g/mol. The van der Waals surface area contributed by atoms with E-state index in [2.05, 4.69) is 9.71 Å². The number of aryl methyl sites for hydroxylation is 1. The first-order valence-corrected chi connectivity index (χ1v) is 8.49. The summed E-state index contributed by atoms with van der Waals surface area (Å²) in [6, 6.07) is 3.42. The minimum Gasteiger partial charge on any atom is -0.349 e. The molecule has 0 saturated carbocycles. The number of rotatable bonds is 5. The number of nitrogens with zero attached hydrogens (tertiary/aromatic N) is 3. The van der Waals surface area contributed by atoms with E-state index < -0.39 is 10.0 Å². The normalized spacial score (nSPS) is 11.2. The van der Waals surface area contributed by atoms with E-state index in [1.54, 1.807) is 12.1 Å². The molecule has 0 saturated heterocycles. The highest BCUT2D eigenvalue weighted by atomic mass is 32.2. The topological polar surface area (TPSA) is 65.0 Å². The molecule has 1 aromatic rings. The number of guanidine groups is 1. The second kappa shape index (κ2) is 7.05. The summed E-state index contributed by atoms with van der Waals surface area (Å²) in [6.45, 7) is 2.56. The summed E-state index contributed by atoms with van der Waals surface area (Å²) in [4.78, 5) is 9.12. The third-order valence-corrected chi connectivity index (χ3v) is 5.39. The Labute approximate surface area is 125 Å². The van der Waals surface area contributed by atoms with Gasteiger partial charge in [0.05, 0.1) is 6.54 Å². The van der Waals surface area contributed by atoms with Crippen molar-refractivity contribution in [3.63, 3.8) is 0 Å². The van der Waals surface area contributed by atoms with Crippen LogP contribution < -0.4 is 4.72 Å². The molecule has 1 heterocycles. The minimum atomic E-state index is -3.41. The molecule has 0 aromatic carbocycles. The maximum atomic E-state index is 12.0. The maximum absolute atomic E-state index is 12.0. The molecule has 0 fully saturated rings. The van der Waals surface area contributed by atoms with Gasteiger partial charge in [-0.15, -0.1) is 11.3 Å². The van der Waals surface area contributed by atoms with Crippen LogP contribution in [0.5, 0.6) is 0 Å². The van der Waals surface area contributed by atoms with Crippen LogP contribution in [0, 0.1) is 6.92 Å². The van der Waals surface area contributed by atoms with E-state index in [-0.39, 0.29) is 6.54 Å². The molecular formula is C12H22N4O2S2. The van der Waals surface area contributed by atoms with E-state index in [0.29, 0.717) is 10.8 Å². The molecule has 1 rings (SSSR count). The van der Waals surface area contributed by atoms with E-state index in [1.165, 1.54) is 11.3 Å². The zero-order valence-corrected chi connectivity index (χ0v) is 14.2. The van der Waals surface area contributed by atoms with Crippen LogP contribution in [0.3, 0.4) is 0 Å². The van der Waals surface area contributed by atoms with Gasteiger partial charge in [0.25, 0.3) is 0 Å². The van der Waals surface area contributed by atoms with Gasteiger partial charge in [0.2, 0.25) is 10.0 Å². The molecule has 0 spiro atoms. The quantitative estimate of drug-likeness (QED) is 0.496. The van der Waals surface area contributed by atoms with Gasteiger partial charge in [-0.25, -0.2) is 13.1 Å². The Morgan fingerprint density at radius 2 is 1.85 bits per heavy atom. The molecule has 1 N–H and O–H groups in total. The summed E-state index contributed by atoms with van der Waals surface area (Å²) in [5, 5.41) is 0. The van der Waals surface area contributed by atoms with Gasteiger partial charge >= 0.3 is 0 Å². The van der Waals surface area contributed by atoms with Gasteiger partial charge in [-0.05, 0) is 19.1 Å². The highest BCUT2D eigenvalue weighted by molar-refractivity contribution is 7.91. The molecule has 0 amide bonds. The van der Waals surface area contributed by atoms with Crippen molar-refractivity contribution in [1.82, 2.24) is 14.5 Å². The van der Waals surface area contributed by atoms with E-state index in [9.17, 15) is 8.42 Å². The van der Waals surface area contributed by atoms with Gasteiger partial charge in [-0.3, -0.25) is 4.99 Å². The highest BCUT2D eigenvalue weighted by Crippen LogP contribution is 2.19. The van der Waals surface area contributed by atoms with Gasteiger partial charge in [0, 0.05) is 39.6 Å². The fourth-order valence-electron chi connectivity index (χ4n) is 1.65. The van der Waals surface area contributed by atoms with Gasteiger partial charge in [-0.2, -0.15) is 0 Å². The van der Waals surface area contributed by atoms with Crippen LogP contribution in [0.2, 0.25) is 0 Å². The van der Waals surface area contributed by atoms with Crippen LogP contribution in [-0.2, 0) is 10.0 Å². The Balaban J connectivity index is 2.58. The molecule has 0 bridgehead atoms. The zero-order valence-electron chi connectivity index (χ0n) is 12.5. The lowest BCUT2D eigenvalue weighted by molar-refractivity contribution is 0.479. The van der Waals surface area contributed by atoms with Crippen molar-refractivity contribution in [2.75, 3.05) is 41.3 Å². The Hall–Kier alpha value is -1.12. The molecule has 20 heavy (non-hydrogen) atoms. The summed E-state index contributed by atoms with van der Waals surface area (Å²) < 4.78 is 26.9. The zero-order chi connectivity index (χ0) is 15.3. The highest BCUT2D eigenvalue weighted by Gasteiger charge is 2.15. The maximum Gasteiger partial charge on any atom is 0.250 e. The van der Waals surface area contributed by atoms with Crippen LogP contribution in [0.25, 0.3) is 0 Å². The first-order chi connectivity index (χ1) is 9.24. The van der Waals surface area contributed by atoms with Crippen LogP contribution in [0.15, 0.2) is 21.3 Å². The molecule has 0 aliphatic rings. The molecule has 0 aliphatic carbocycles. The summed E-state index contributed by atoms with van der Waals surface area (Å²) in [7, 11) is 4.20. The smallest absolute Gasteiger partial charge is 0.250 e. The summed E-state index contributed by atoms with van der Waals surface area (Å²) in [5.41, 5.74) is 0. The van der Waals surface area contributed by atoms with Crippen molar-refractivity contribution in [1.29, 1.82) is 0 Å². The van der Waals surface area contributed by atoms with Crippen LogP contribution in [0.1, 0.15) is 4.88 Å². The molecule has 6 nitrogen and oxygen atoms in total. The second-order valence-electron chi connectivity index (χ2n) is 4.73.